The highest BCUT2D eigenvalue weighted by atomic mass is 16.5. The lowest BCUT2D eigenvalue weighted by Crippen LogP contribution is -2.43. The van der Waals surface area contributed by atoms with E-state index in [1.807, 2.05) is 18.3 Å². The molecule has 2 aliphatic heterocycles. The number of rotatable bonds is 1. The van der Waals surface area contributed by atoms with Crippen LogP contribution in [0, 0.1) is 0 Å². The number of fused-ring (bicyclic) bond motifs is 3. The zero-order valence-corrected chi connectivity index (χ0v) is 9.49. The number of ether oxygens (including phenoxy) is 1. The van der Waals surface area contributed by atoms with Crippen LogP contribution in [-0.2, 0) is 4.74 Å². The summed E-state index contributed by atoms with van der Waals surface area (Å²) in [4.78, 5) is 6.96. The van der Waals surface area contributed by atoms with E-state index in [1.54, 1.807) is 10.7 Å². The van der Waals surface area contributed by atoms with E-state index in [0.29, 0.717) is 12.2 Å². The Morgan fingerprint density at radius 1 is 1.18 bits per heavy atom. The lowest BCUT2D eigenvalue weighted by Gasteiger charge is -2.32. The summed E-state index contributed by atoms with van der Waals surface area (Å²) in [6.45, 7) is 1.93. The van der Waals surface area contributed by atoms with Crippen LogP contribution in [0.25, 0.3) is 5.65 Å². The second-order valence-corrected chi connectivity index (χ2v) is 4.78. The monoisotopic (exact) mass is 230 g/mol. The molecule has 0 amide bonds. The zero-order valence-electron chi connectivity index (χ0n) is 9.49. The van der Waals surface area contributed by atoms with Crippen molar-refractivity contribution in [1.29, 1.82) is 0 Å². The quantitative estimate of drug-likeness (QED) is 0.735. The van der Waals surface area contributed by atoms with Crippen molar-refractivity contribution in [2.24, 2.45) is 0 Å². The first-order chi connectivity index (χ1) is 8.38. The van der Waals surface area contributed by atoms with Gasteiger partial charge in [-0.25, -0.2) is 9.50 Å². The predicted octanol–water partition coefficient (Wildman–Crippen LogP) is 1.10. The normalized spacial score (nSPS) is 27.9. The Morgan fingerprint density at radius 3 is 2.82 bits per heavy atom. The molecule has 5 nitrogen and oxygen atoms in total. The number of morpholine rings is 1. The highest BCUT2D eigenvalue weighted by Crippen LogP contribution is 2.28. The summed E-state index contributed by atoms with van der Waals surface area (Å²) < 4.78 is 7.62. The van der Waals surface area contributed by atoms with Gasteiger partial charge in [-0.2, -0.15) is 5.10 Å². The fraction of sp³-hybridized carbons (Fsp3) is 0.500. The molecule has 17 heavy (non-hydrogen) atoms. The lowest BCUT2D eigenvalue weighted by molar-refractivity contribution is 0.0302. The molecular formula is C12H14N4O. The van der Waals surface area contributed by atoms with Crippen LogP contribution in [0.5, 0.6) is 0 Å². The van der Waals surface area contributed by atoms with Crippen molar-refractivity contribution < 1.29 is 4.74 Å². The molecule has 0 N–H and O–H groups in total. The van der Waals surface area contributed by atoms with Crippen molar-refractivity contribution in [3.05, 3.63) is 24.5 Å². The van der Waals surface area contributed by atoms with E-state index in [4.69, 9.17) is 4.74 Å². The minimum Gasteiger partial charge on any atom is -0.371 e. The third kappa shape index (κ3) is 1.50. The molecule has 2 saturated heterocycles. The summed E-state index contributed by atoms with van der Waals surface area (Å²) in [6.07, 6.45) is 6.92. The molecule has 2 aromatic heterocycles. The first kappa shape index (κ1) is 9.41. The number of nitrogens with zero attached hydrogens (tertiary/aromatic N) is 4. The number of aromatic nitrogens is 3. The number of hydrogen-bond donors (Lipinski definition) is 0. The van der Waals surface area contributed by atoms with Gasteiger partial charge in [-0.3, -0.25) is 0 Å². The molecule has 2 fully saturated rings. The van der Waals surface area contributed by atoms with Gasteiger partial charge in [-0.1, -0.05) is 0 Å². The molecule has 4 heterocycles. The van der Waals surface area contributed by atoms with Gasteiger partial charge in [0.15, 0.2) is 5.65 Å². The van der Waals surface area contributed by atoms with Gasteiger partial charge in [0.2, 0.25) is 0 Å². The SMILES string of the molecule is c1cc2nc(N3CC4CCC(C3)O4)ccn2n1. The van der Waals surface area contributed by atoms with Crippen LogP contribution in [0.2, 0.25) is 0 Å². The molecule has 0 aromatic carbocycles. The van der Waals surface area contributed by atoms with Gasteiger partial charge in [-0.15, -0.1) is 0 Å². The van der Waals surface area contributed by atoms with Gasteiger partial charge >= 0.3 is 0 Å². The lowest BCUT2D eigenvalue weighted by atomic mass is 10.2. The molecule has 4 rings (SSSR count). The zero-order chi connectivity index (χ0) is 11.2. The van der Waals surface area contributed by atoms with Crippen LogP contribution in [0.3, 0.4) is 0 Å². The maximum absolute atomic E-state index is 5.83. The smallest absolute Gasteiger partial charge is 0.157 e. The Kier molecular flexibility index (Phi) is 1.90. The molecule has 0 radical (unpaired) electrons. The molecular weight excluding hydrogens is 216 g/mol. The van der Waals surface area contributed by atoms with E-state index in [2.05, 4.69) is 15.0 Å². The molecule has 88 valence electrons. The van der Waals surface area contributed by atoms with E-state index in [-0.39, 0.29) is 0 Å². The van der Waals surface area contributed by atoms with E-state index in [0.717, 1.165) is 24.6 Å². The van der Waals surface area contributed by atoms with Crippen LogP contribution in [0.4, 0.5) is 5.82 Å². The maximum atomic E-state index is 5.83. The van der Waals surface area contributed by atoms with Gasteiger partial charge in [0, 0.05) is 25.4 Å². The number of hydrogen-bond acceptors (Lipinski definition) is 4. The summed E-state index contributed by atoms with van der Waals surface area (Å²) in [6, 6.07) is 3.96. The summed E-state index contributed by atoms with van der Waals surface area (Å²) in [5.74, 6) is 1.04. The van der Waals surface area contributed by atoms with Crippen molar-refractivity contribution >= 4 is 11.5 Å². The van der Waals surface area contributed by atoms with Crippen LogP contribution >= 0.6 is 0 Å². The standard InChI is InChI=1S/C12H14N4O/c1-2-10-8-15(7-9(1)17-10)11-4-6-16-12(14-11)3-5-13-16/h3-6,9-10H,1-2,7-8H2. The minimum absolute atomic E-state index is 0.400. The van der Waals surface area contributed by atoms with Gasteiger partial charge in [-0.05, 0) is 18.9 Å². The Balaban J connectivity index is 1.69. The molecule has 0 spiro atoms. The van der Waals surface area contributed by atoms with E-state index in [9.17, 15) is 0 Å². The van der Waals surface area contributed by atoms with Crippen LogP contribution in [-0.4, -0.2) is 39.9 Å². The van der Waals surface area contributed by atoms with Gasteiger partial charge in [0.1, 0.15) is 5.82 Å². The van der Waals surface area contributed by atoms with Crippen molar-refractivity contribution in [1.82, 2.24) is 14.6 Å². The summed E-state index contributed by atoms with van der Waals surface area (Å²) in [7, 11) is 0. The first-order valence-electron chi connectivity index (χ1n) is 6.09. The molecule has 2 aliphatic rings. The molecule has 2 aromatic rings. The average Bonchev–Trinajstić information content (AvgIpc) is 2.94. The van der Waals surface area contributed by atoms with Crippen LogP contribution < -0.4 is 4.90 Å². The van der Waals surface area contributed by atoms with E-state index in [1.165, 1.54) is 12.8 Å². The Morgan fingerprint density at radius 2 is 2.00 bits per heavy atom. The Hall–Kier alpha value is -1.62. The molecule has 2 unspecified atom stereocenters. The summed E-state index contributed by atoms with van der Waals surface area (Å²) in [5.41, 5.74) is 0.904. The van der Waals surface area contributed by atoms with E-state index < -0.39 is 0 Å². The topological polar surface area (TPSA) is 42.7 Å². The van der Waals surface area contributed by atoms with E-state index >= 15 is 0 Å². The third-order valence-corrected chi connectivity index (χ3v) is 3.61. The molecule has 5 heteroatoms. The maximum Gasteiger partial charge on any atom is 0.157 e. The van der Waals surface area contributed by atoms with Crippen molar-refractivity contribution in [2.75, 3.05) is 18.0 Å². The van der Waals surface area contributed by atoms with Crippen molar-refractivity contribution in [2.45, 2.75) is 25.0 Å². The van der Waals surface area contributed by atoms with Crippen LogP contribution in [0.1, 0.15) is 12.8 Å². The van der Waals surface area contributed by atoms with Gasteiger partial charge in [0.05, 0.1) is 18.4 Å². The highest BCUT2D eigenvalue weighted by molar-refractivity contribution is 5.47. The number of anilines is 1. The highest BCUT2D eigenvalue weighted by Gasteiger charge is 2.34. The largest absolute Gasteiger partial charge is 0.371 e. The molecule has 0 aliphatic carbocycles. The predicted molar refractivity (Wildman–Crippen MR) is 63.1 cm³/mol. The molecule has 0 saturated carbocycles. The Labute approximate surface area is 99.0 Å². The Bertz CT molecular complexity index is 540. The first-order valence-corrected chi connectivity index (χ1v) is 6.09. The second kappa shape index (κ2) is 3.43. The minimum atomic E-state index is 0.400. The second-order valence-electron chi connectivity index (χ2n) is 4.78. The summed E-state index contributed by atoms with van der Waals surface area (Å²) in [5, 5.41) is 4.16. The van der Waals surface area contributed by atoms with Crippen LogP contribution in [0.15, 0.2) is 24.5 Å². The van der Waals surface area contributed by atoms with Gasteiger partial charge < -0.3 is 9.64 Å². The fourth-order valence-corrected chi connectivity index (χ4v) is 2.78. The third-order valence-electron chi connectivity index (χ3n) is 3.61. The molecule has 2 atom stereocenters. The summed E-state index contributed by atoms with van der Waals surface area (Å²) >= 11 is 0. The van der Waals surface area contributed by atoms with Crippen molar-refractivity contribution in [3.63, 3.8) is 0 Å². The fourth-order valence-electron chi connectivity index (χ4n) is 2.78. The van der Waals surface area contributed by atoms with Crippen molar-refractivity contribution in [3.8, 4) is 0 Å². The average molecular weight is 230 g/mol. The molecule has 2 bridgehead atoms. The van der Waals surface area contributed by atoms with Gasteiger partial charge in [0.25, 0.3) is 0 Å².